The van der Waals surface area contributed by atoms with Gasteiger partial charge in [-0.25, -0.2) is 0 Å². The zero-order valence-electron chi connectivity index (χ0n) is 19.7. The van der Waals surface area contributed by atoms with E-state index in [4.69, 9.17) is 0 Å². The van der Waals surface area contributed by atoms with Crippen molar-refractivity contribution >= 4 is 17.7 Å². The molecule has 3 amide bonds. The summed E-state index contributed by atoms with van der Waals surface area (Å²) in [6, 6.07) is 13.7. The Kier molecular flexibility index (Phi) is 6.73. The highest BCUT2D eigenvalue weighted by Crippen LogP contribution is 2.43. The van der Waals surface area contributed by atoms with E-state index in [9.17, 15) is 27.6 Å². The Labute approximate surface area is 202 Å². The van der Waals surface area contributed by atoms with E-state index in [1.807, 2.05) is 37.4 Å². The molecule has 186 valence electrons. The maximum Gasteiger partial charge on any atom is 0.416 e. The third kappa shape index (κ3) is 4.69. The summed E-state index contributed by atoms with van der Waals surface area (Å²) in [6.45, 7) is 3.34. The van der Waals surface area contributed by atoms with Crippen molar-refractivity contribution in [3.63, 3.8) is 0 Å². The van der Waals surface area contributed by atoms with Gasteiger partial charge in [0.25, 0.3) is 0 Å². The van der Waals surface area contributed by atoms with E-state index in [0.29, 0.717) is 19.6 Å². The molecule has 0 bridgehead atoms. The van der Waals surface area contributed by atoms with Crippen LogP contribution in [0.5, 0.6) is 0 Å². The summed E-state index contributed by atoms with van der Waals surface area (Å²) in [7, 11) is 1.96. The van der Waals surface area contributed by atoms with Gasteiger partial charge in [0.05, 0.1) is 17.0 Å². The second-order valence-electron chi connectivity index (χ2n) is 9.23. The first-order chi connectivity index (χ1) is 16.6. The van der Waals surface area contributed by atoms with Gasteiger partial charge in [-0.15, -0.1) is 0 Å². The molecule has 0 spiro atoms. The average molecular weight is 488 g/mol. The first-order valence-corrected chi connectivity index (χ1v) is 11.6. The van der Waals surface area contributed by atoms with Gasteiger partial charge < -0.3 is 9.80 Å². The summed E-state index contributed by atoms with van der Waals surface area (Å²) in [5.41, 5.74) is -1.61. The predicted molar refractivity (Wildman–Crippen MR) is 123 cm³/mol. The fourth-order valence-corrected chi connectivity index (χ4v) is 5.12. The predicted octanol–water partition coefficient (Wildman–Crippen LogP) is 3.63. The SMILES string of the molecule is CCN1C(=O)C[C@](CC(=O)N2CCN(C)C[C@@H]2c2ccccc2)(c2cccc(C(F)(F)F)c2)C1=O. The van der Waals surface area contributed by atoms with Gasteiger partial charge in [0.1, 0.15) is 0 Å². The zero-order chi connectivity index (χ0) is 25.4. The third-order valence-corrected chi connectivity index (χ3v) is 7.01. The number of hydrogen-bond donors (Lipinski definition) is 0. The van der Waals surface area contributed by atoms with E-state index in [2.05, 4.69) is 4.90 Å². The molecule has 2 heterocycles. The van der Waals surface area contributed by atoms with Gasteiger partial charge in [0.2, 0.25) is 17.7 Å². The highest BCUT2D eigenvalue weighted by molar-refractivity contribution is 6.10. The van der Waals surface area contributed by atoms with E-state index in [0.717, 1.165) is 22.6 Å². The molecule has 0 radical (unpaired) electrons. The maximum absolute atomic E-state index is 13.8. The first-order valence-electron chi connectivity index (χ1n) is 11.6. The number of likely N-dealkylation sites (N-methyl/N-ethyl adjacent to an activating group) is 2. The fourth-order valence-electron chi connectivity index (χ4n) is 5.12. The monoisotopic (exact) mass is 487 g/mol. The maximum atomic E-state index is 13.8. The van der Waals surface area contributed by atoms with Gasteiger partial charge in [0.15, 0.2) is 0 Å². The molecule has 0 N–H and O–H groups in total. The summed E-state index contributed by atoms with van der Waals surface area (Å²) in [4.78, 5) is 44.8. The van der Waals surface area contributed by atoms with Crippen LogP contribution in [0.2, 0.25) is 0 Å². The number of likely N-dealkylation sites (tertiary alicyclic amines) is 1. The highest BCUT2D eigenvalue weighted by atomic mass is 19.4. The molecule has 6 nitrogen and oxygen atoms in total. The van der Waals surface area contributed by atoms with Crippen molar-refractivity contribution in [2.75, 3.05) is 33.2 Å². The second kappa shape index (κ2) is 9.45. The molecule has 9 heteroatoms. The number of piperazine rings is 1. The first kappa shape index (κ1) is 24.9. The molecular formula is C26H28F3N3O3. The molecule has 2 aromatic carbocycles. The number of alkyl halides is 3. The molecule has 2 aliphatic rings. The van der Waals surface area contributed by atoms with Crippen LogP contribution in [-0.2, 0) is 26.0 Å². The van der Waals surface area contributed by atoms with Crippen LogP contribution in [-0.4, -0.2) is 65.6 Å². The average Bonchev–Trinajstić information content (AvgIpc) is 3.08. The van der Waals surface area contributed by atoms with Crippen molar-refractivity contribution in [3.05, 3.63) is 71.3 Å². The molecule has 2 aliphatic heterocycles. The largest absolute Gasteiger partial charge is 0.416 e. The van der Waals surface area contributed by atoms with Gasteiger partial charge >= 0.3 is 6.18 Å². The van der Waals surface area contributed by atoms with Crippen LogP contribution in [0.1, 0.15) is 42.5 Å². The Morgan fingerprint density at radius 1 is 1.06 bits per heavy atom. The number of amides is 3. The lowest BCUT2D eigenvalue weighted by Crippen LogP contribution is -2.51. The number of imide groups is 1. The second-order valence-corrected chi connectivity index (χ2v) is 9.23. The van der Waals surface area contributed by atoms with Crippen LogP contribution in [0, 0.1) is 0 Å². The quantitative estimate of drug-likeness (QED) is 0.605. The van der Waals surface area contributed by atoms with Crippen LogP contribution in [0.25, 0.3) is 0 Å². The van der Waals surface area contributed by atoms with Gasteiger partial charge in [-0.3, -0.25) is 19.3 Å². The number of benzene rings is 2. The molecule has 2 atom stereocenters. The summed E-state index contributed by atoms with van der Waals surface area (Å²) in [6.07, 6.45) is -5.33. The number of carbonyl (C=O) groups is 3. The number of halogens is 3. The number of carbonyl (C=O) groups excluding carboxylic acids is 3. The Balaban J connectivity index is 1.74. The van der Waals surface area contributed by atoms with Gasteiger partial charge in [-0.1, -0.05) is 48.5 Å². The van der Waals surface area contributed by atoms with Crippen molar-refractivity contribution < 1.29 is 27.6 Å². The zero-order valence-corrected chi connectivity index (χ0v) is 19.7. The lowest BCUT2D eigenvalue weighted by atomic mass is 9.75. The minimum absolute atomic E-state index is 0.0420. The van der Waals surface area contributed by atoms with Crippen molar-refractivity contribution in [2.24, 2.45) is 0 Å². The van der Waals surface area contributed by atoms with E-state index < -0.39 is 29.0 Å². The van der Waals surface area contributed by atoms with Gasteiger partial charge in [-0.2, -0.15) is 13.2 Å². The van der Waals surface area contributed by atoms with Crippen LogP contribution < -0.4 is 0 Å². The van der Waals surface area contributed by atoms with E-state index >= 15 is 0 Å². The van der Waals surface area contributed by atoms with Crippen molar-refractivity contribution in [1.82, 2.24) is 14.7 Å². The van der Waals surface area contributed by atoms with E-state index in [-0.39, 0.29) is 36.9 Å². The van der Waals surface area contributed by atoms with Crippen molar-refractivity contribution in [3.8, 4) is 0 Å². The van der Waals surface area contributed by atoms with Crippen LogP contribution in [0.4, 0.5) is 13.2 Å². The molecule has 35 heavy (non-hydrogen) atoms. The van der Waals surface area contributed by atoms with Gasteiger partial charge in [0, 0.05) is 39.0 Å². The molecular weight excluding hydrogens is 459 g/mol. The third-order valence-electron chi connectivity index (χ3n) is 7.01. The molecule has 2 aromatic rings. The fraction of sp³-hybridized carbons (Fsp3) is 0.423. The minimum atomic E-state index is -4.62. The summed E-state index contributed by atoms with van der Waals surface area (Å²) < 4.78 is 40.4. The standard InChI is InChI=1S/C26H28F3N3O3/c1-3-31-22(33)15-25(24(31)35,19-10-7-11-20(14-19)26(27,28)29)16-23(34)32-13-12-30(2)17-21(32)18-8-5-4-6-9-18/h4-11,14,21H,3,12-13,15-17H2,1-2H3/t21-,25+/m1/s1. The Morgan fingerprint density at radius 3 is 2.40 bits per heavy atom. The summed E-state index contributed by atoms with van der Waals surface area (Å²) in [5, 5.41) is 0. The van der Waals surface area contributed by atoms with Crippen LogP contribution >= 0.6 is 0 Å². The molecule has 0 unspecified atom stereocenters. The molecule has 0 aromatic heterocycles. The van der Waals surface area contributed by atoms with E-state index in [1.165, 1.54) is 12.1 Å². The number of nitrogens with zero attached hydrogens (tertiary/aromatic N) is 3. The summed E-state index contributed by atoms with van der Waals surface area (Å²) in [5.74, 6) is -1.47. The molecule has 0 saturated carbocycles. The smallest absolute Gasteiger partial charge is 0.333 e. The van der Waals surface area contributed by atoms with Crippen molar-refractivity contribution in [2.45, 2.75) is 37.4 Å². The lowest BCUT2D eigenvalue weighted by Gasteiger charge is -2.41. The van der Waals surface area contributed by atoms with Crippen LogP contribution in [0.15, 0.2) is 54.6 Å². The topological polar surface area (TPSA) is 60.9 Å². The molecule has 4 rings (SSSR count). The normalized spacial score (nSPS) is 23.7. The van der Waals surface area contributed by atoms with Crippen molar-refractivity contribution in [1.29, 1.82) is 0 Å². The highest BCUT2D eigenvalue weighted by Gasteiger charge is 2.54. The Bertz CT molecular complexity index is 1120. The Hall–Kier alpha value is -3.20. The number of hydrogen-bond acceptors (Lipinski definition) is 4. The molecule has 0 aliphatic carbocycles. The minimum Gasteiger partial charge on any atom is -0.333 e. The molecule has 2 fully saturated rings. The summed E-state index contributed by atoms with van der Waals surface area (Å²) >= 11 is 0. The number of rotatable bonds is 5. The van der Waals surface area contributed by atoms with Crippen LogP contribution in [0.3, 0.4) is 0 Å². The Morgan fingerprint density at radius 2 is 1.77 bits per heavy atom. The van der Waals surface area contributed by atoms with Gasteiger partial charge in [-0.05, 0) is 31.2 Å². The van der Waals surface area contributed by atoms with E-state index in [1.54, 1.807) is 11.8 Å². The molecule has 2 saturated heterocycles. The lowest BCUT2D eigenvalue weighted by molar-refractivity contribution is -0.144.